The molecule has 2 amide bonds. The summed E-state index contributed by atoms with van der Waals surface area (Å²) in [5.74, 6) is -1.53. The number of rotatable bonds is 4. The summed E-state index contributed by atoms with van der Waals surface area (Å²) in [5, 5.41) is 9.92. The number of para-hydroxylation sites is 2. The van der Waals surface area contributed by atoms with Gasteiger partial charge in [-0.25, -0.2) is 4.98 Å². The Morgan fingerprint density at radius 1 is 0.912 bits per heavy atom. The van der Waals surface area contributed by atoms with Gasteiger partial charge >= 0.3 is 0 Å². The monoisotopic (exact) mass is 451 g/mol. The fourth-order valence-corrected chi connectivity index (χ4v) is 5.42. The van der Waals surface area contributed by atoms with Crippen LogP contribution in [0.3, 0.4) is 0 Å². The van der Waals surface area contributed by atoms with Gasteiger partial charge in [0.1, 0.15) is 11.7 Å². The number of hydrogen-bond acceptors (Lipinski definition) is 6. The Balaban J connectivity index is 1.20. The van der Waals surface area contributed by atoms with E-state index in [1.165, 1.54) is 15.5 Å². The van der Waals surface area contributed by atoms with Crippen molar-refractivity contribution < 1.29 is 14.4 Å². The van der Waals surface area contributed by atoms with E-state index in [9.17, 15) is 19.6 Å². The molecule has 0 aliphatic carbocycles. The molecule has 2 aromatic carbocycles. The van der Waals surface area contributed by atoms with Crippen molar-refractivity contribution in [2.45, 2.75) is 12.5 Å². The predicted molar refractivity (Wildman–Crippen MR) is 122 cm³/mol. The van der Waals surface area contributed by atoms with E-state index in [2.05, 4.69) is 11.1 Å². The van der Waals surface area contributed by atoms with Crippen LogP contribution in [-0.4, -0.2) is 56.7 Å². The van der Waals surface area contributed by atoms with E-state index in [4.69, 9.17) is 0 Å². The van der Waals surface area contributed by atoms with Gasteiger partial charge in [0.15, 0.2) is 0 Å². The molecule has 3 atom stereocenters. The molecule has 3 aliphatic rings. The summed E-state index contributed by atoms with van der Waals surface area (Å²) in [4.78, 5) is 46.9. The van der Waals surface area contributed by atoms with Crippen molar-refractivity contribution in [2.75, 3.05) is 19.6 Å². The number of likely N-dealkylation sites (tertiary alicyclic amines) is 2. The highest BCUT2D eigenvalue weighted by atomic mass is 16.2. The van der Waals surface area contributed by atoms with Crippen molar-refractivity contribution in [3.05, 3.63) is 77.6 Å². The molecule has 1 unspecified atom stereocenters. The smallest absolute Gasteiger partial charge is 0.256 e. The molecule has 0 radical (unpaired) electrons. The summed E-state index contributed by atoms with van der Waals surface area (Å²) in [6.07, 6.45) is 1.51. The Morgan fingerprint density at radius 2 is 1.59 bits per heavy atom. The molecule has 1 aromatic heterocycles. The van der Waals surface area contributed by atoms with Crippen LogP contribution in [0.15, 0.2) is 66.2 Å². The minimum Gasteiger partial charge on any atom is -0.298 e. The van der Waals surface area contributed by atoms with Crippen LogP contribution >= 0.6 is 0 Å². The zero-order valence-electron chi connectivity index (χ0n) is 18.3. The van der Waals surface area contributed by atoms with Crippen LogP contribution in [0.25, 0.3) is 11.0 Å². The minimum atomic E-state index is -0.661. The molecule has 168 valence electrons. The van der Waals surface area contributed by atoms with Gasteiger partial charge in [0.05, 0.1) is 35.5 Å². The van der Waals surface area contributed by atoms with Crippen LogP contribution in [0.1, 0.15) is 22.1 Å². The number of benzene rings is 2. The Hall–Kier alpha value is -4.09. The Bertz CT molecular complexity index is 1390. The quantitative estimate of drug-likeness (QED) is 0.565. The molecule has 6 rings (SSSR count). The van der Waals surface area contributed by atoms with E-state index in [0.717, 1.165) is 5.56 Å². The molecule has 34 heavy (non-hydrogen) atoms. The molecule has 3 aliphatic heterocycles. The number of nitriles is 1. The number of carbonyl (C=O) groups excluding carboxylic acids is 3. The van der Waals surface area contributed by atoms with Crippen LogP contribution in [0.4, 0.5) is 0 Å². The molecular weight excluding hydrogens is 430 g/mol. The standard InChI is InChI=1S/C26H21N5O3/c27-11-18-17(10-23(32)31-22-9-5-4-8-21(22)28-24(18)31)13-29-14-19-20(15-29)26(34)30(25(19)33)12-16-6-2-1-3-7-16/h1-10,18-20H,12-15H2/t18?,19-,20+. The normalized spacial score (nSPS) is 24.3. The summed E-state index contributed by atoms with van der Waals surface area (Å²) in [5.41, 5.74) is 2.93. The summed E-state index contributed by atoms with van der Waals surface area (Å²) >= 11 is 0. The van der Waals surface area contributed by atoms with Gasteiger partial charge in [-0.15, -0.1) is 0 Å². The van der Waals surface area contributed by atoms with Gasteiger partial charge in [0.2, 0.25) is 11.8 Å². The maximum absolute atomic E-state index is 13.0. The number of hydrogen-bond donors (Lipinski definition) is 0. The first-order valence-corrected chi connectivity index (χ1v) is 11.3. The topological polar surface area (TPSA) is 99.3 Å². The maximum atomic E-state index is 13.0. The van der Waals surface area contributed by atoms with Crippen LogP contribution in [0.2, 0.25) is 0 Å². The second-order valence-electron chi connectivity index (χ2n) is 9.07. The molecule has 0 N–H and O–H groups in total. The molecule has 0 saturated carbocycles. The van der Waals surface area contributed by atoms with Gasteiger partial charge in [0, 0.05) is 25.7 Å². The molecule has 2 saturated heterocycles. The third-order valence-electron chi connectivity index (χ3n) is 7.03. The maximum Gasteiger partial charge on any atom is 0.256 e. The van der Waals surface area contributed by atoms with Gasteiger partial charge < -0.3 is 0 Å². The first-order chi connectivity index (χ1) is 16.5. The van der Waals surface area contributed by atoms with Crippen LogP contribution < -0.4 is 0 Å². The molecular formula is C26H21N5O3. The molecule has 4 heterocycles. The van der Waals surface area contributed by atoms with E-state index in [-0.39, 0.29) is 36.1 Å². The van der Waals surface area contributed by atoms with Crippen molar-refractivity contribution >= 4 is 28.8 Å². The third kappa shape index (κ3) is 3.09. The fraction of sp³-hybridized carbons (Fsp3) is 0.269. The molecule has 8 nitrogen and oxygen atoms in total. The van der Waals surface area contributed by atoms with Crippen molar-refractivity contribution in [1.82, 2.24) is 19.4 Å². The lowest BCUT2D eigenvalue weighted by Crippen LogP contribution is -2.37. The van der Waals surface area contributed by atoms with Gasteiger partial charge in [-0.1, -0.05) is 42.5 Å². The number of amides is 2. The molecule has 0 bridgehead atoms. The lowest BCUT2D eigenvalue weighted by molar-refractivity contribution is -0.141. The molecule has 2 fully saturated rings. The lowest BCUT2D eigenvalue weighted by Gasteiger charge is -2.25. The third-order valence-corrected chi connectivity index (χ3v) is 7.03. The Labute approximate surface area is 195 Å². The fourth-order valence-electron chi connectivity index (χ4n) is 5.42. The zero-order chi connectivity index (χ0) is 23.4. The highest BCUT2D eigenvalue weighted by Crippen LogP contribution is 2.37. The molecule has 0 spiro atoms. The Morgan fingerprint density at radius 3 is 2.29 bits per heavy atom. The first kappa shape index (κ1) is 20.5. The van der Waals surface area contributed by atoms with Crippen LogP contribution in [-0.2, 0) is 16.1 Å². The average molecular weight is 451 g/mol. The SMILES string of the molecule is N#CC1C(CN2C[C@@H]3C(=O)N(Cc4ccccc4)C(=O)[C@@H]3C2)=CC(=O)n2c1nc1ccccc12. The predicted octanol–water partition coefficient (Wildman–Crippen LogP) is 2.34. The van der Waals surface area contributed by atoms with Crippen LogP contribution in [0, 0.1) is 23.2 Å². The van der Waals surface area contributed by atoms with E-state index in [1.807, 2.05) is 59.5 Å². The van der Waals surface area contributed by atoms with Crippen molar-refractivity contribution in [3.63, 3.8) is 0 Å². The number of nitrogens with zero attached hydrogens (tertiary/aromatic N) is 5. The summed E-state index contributed by atoms with van der Waals surface area (Å²) in [7, 11) is 0. The zero-order valence-corrected chi connectivity index (χ0v) is 18.3. The first-order valence-electron chi connectivity index (χ1n) is 11.3. The average Bonchev–Trinajstić information content (AvgIpc) is 3.49. The van der Waals surface area contributed by atoms with Gasteiger partial charge in [0.25, 0.3) is 5.91 Å². The number of aromatic nitrogens is 2. The minimum absolute atomic E-state index is 0.145. The van der Waals surface area contributed by atoms with Crippen molar-refractivity contribution in [1.29, 1.82) is 5.26 Å². The summed E-state index contributed by atoms with van der Waals surface area (Å²) in [6.45, 7) is 1.50. The van der Waals surface area contributed by atoms with Gasteiger partial charge in [-0.3, -0.25) is 28.8 Å². The van der Waals surface area contributed by atoms with E-state index < -0.39 is 5.92 Å². The number of imidazole rings is 1. The van der Waals surface area contributed by atoms with E-state index >= 15 is 0 Å². The summed E-state index contributed by atoms with van der Waals surface area (Å²) < 4.78 is 1.50. The number of allylic oxidation sites excluding steroid dienone is 1. The van der Waals surface area contributed by atoms with Gasteiger partial charge in [-0.2, -0.15) is 5.26 Å². The van der Waals surface area contributed by atoms with E-state index in [0.29, 0.717) is 42.1 Å². The molecule has 3 aromatic rings. The number of fused-ring (bicyclic) bond motifs is 4. The van der Waals surface area contributed by atoms with Crippen LogP contribution in [0.5, 0.6) is 0 Å². The van der Waals surface area contributed by atoms with Gasteiger partial charge in [-0.05, 0) is 23.3 Å². The Kier molecular flexibility index (Phi) is 4.67. The van der Waals surface area contributed by atoms with E-state index in [1.54, 1.807) is 0 Å². The second kappa shape index (κ2) is 7.75. The molecule has 8 heteroatoms. The summed E-state index contributed by atoms with van der Waals surface area (Å²) in [6, 6.07) is 19.1. The number of imide groups is 1. The second-order valence-corrected chi connectivity index (χ2v) is 9.07. The number of carbonyl (C=O) groups is 3. The lowest BCUT2D eigenvalue weighted by atomic mass is 9.95. The largest absolute Gasteiger partial charge is 0.298 e. The highest BCUT2D eigenvalue weighted by Gasteiger charge is 2.52. The van der Waals surface area contributed by atoms with Crippen molar-refractivity contribution in [3.8, 4) is 6.07 Å². The highest BCUT2D eigenvalue weighted by molar-refractivity contribution is 6.05. The van der Waals surface area contributed by atoms with Crippen molar-refractivity contribution in [2.24, 2.45) is 11.8 Å².